The normalized spacial score (nSPS) is 10.6. The molecular weight excluding hydrogens is 270 g/mol. The first-order valence-corrected chi connectivity index (χ1v) is 5.94. The molecule has 102 valence electrons. The molecule has 0 saturated carbocycles. The number of methoxy groups -OCH3 is 2. The van der Waals surface area contributed by atoms with Crippen LogP contribution in [0.4, 0.5) is 0 Å². The van der Waals surface area contributed by atoms with Crippen LogP contribution < -0.4 is 15.2 Å². The molecule has 7 heteroatoms. The molecule has 0 unspecified atom stereocenters. The Morgan fingerprint density at radius 3 is 2.63 bits per heavy atom. The first-order valence-electron chi connectivity index (χ1n) is 5.56. The fourth-order valence-corrected chi connectivity index (χ4v) is 1.96. The summed E-state index contributed by atoms with van der Waals surface area (Å²) in [4.78, 5) is 4.16. The number of aryl methyl sites for hydroxylation is 1. The summed E-state index contributed by atoms with van der Waals surface area (Å²) in [6, 6.07) is 1.79. The van der Waals surface area contributed by atoms with Crippen molar-refractivity contribution in [2.75, 3.05) is 14.2 Å². The highest BCUT2D eigenvalue weighted by molar-refractivity contribution is 6.34. The van der Waals surface area contributed by atoms with Crippen molar-refractivity contribution >= 4 is 11.6 Å². The first-order chi connectivity index (χ1) is 9.12. The van der Waals surface area contributed by atoms with Gasteiger partial charge in [0.05, 0.1) is 31.4 Å². The van der Waals surface area contributed by atoms with E-state index in [0.29, 0.717) is 33.8 Å². The molecule has 0 bridgehead atoms. The molecule has 0 amide bonds. The second-order valence-electron chi connectivity index (χ2n) is 3.83. The van der Waals surface area contributed by atoms with Crippen molar-refractivity contribution in [1.82, 2.24) is 10.1 Å². The summed E-state index contributed by atoms with van der Waals surface area (Å²) in [6.45, 7) is 2.02. The lowest BCUT2D eigenvalue weighted by Gasteiger charge is -2.14. The van der Waals surface area contributed by atoms with E-state index in [0.717, 1.165) is 5.56 Å². The third-order valence-corrected chi connectivity index (χ3v) is 3.14. The third-order valence-electron chi connectivity index (χ3n) is 2.65. The maximum atomic E-state index is 6.30. The average molecular weight is 284 g/mol. The van der Waals surface area contributed by atoms with Crippen molar-refractivity contribution in [3.05, 3.63) is 22.5 Å². The lowest BCUT2D eigenvalue weighted by Crippen LogP contribution is -1.98. The van der Waals surface area contributed by atoms with Gasteiger partial charge in [-0.1, -0.05) is 16.8 Å². The molecule has 2 N–H and O–H groups in total. The van der Waals surface area contributed by atoms with Crippen LogP contribution in [0.25, 0.3) is 11.4 Å². The molecule has 0 aliphatic rings. The van der Waals surface area contributed by atoms with E-state index in [1.165, 1.54) is 7.11 Å². The van der Waals surface area contributed by atoms with Crippen molar-refractivity contribution < 1.29 is 14.0 Å². The SMILES string of the molecule is COc1cc(C)c(Cl)c(-c2noc(CN)n2)c1OC. The Kier molecular flexibility index (Phi) is 3.92. The number of rotatable bonds is 4. The number of aromatic nitrogens is 2. The first kappa shape index (κ1) is 13.6. The van der Waals surface area contributed by atoms with Gasteiger partial charge in [0, 0.05) is 0 Å². The molecule has 1 aromatic carbocycles. The van der Waals surface area contributed by atoms with Crippen LogP contribution in [0, 0.1) is 6.92 Å². The third kappa shape index (κ3) is 2.36. The topological polar surface area (TPSA) is 83.4 Å². The van der Waals surface area contributed by atoms with Crippen LogP contribution in [-0.2, 0) is 6.54 Å². The van der Waals surface area contributed by atoms with Gasteiger partial charge in [-0.05, 0) is 18.6 Å². The monoisotopic (exact) mass is 283 g/mol. The average Bonchev–Trinajstić information content (AvgIpc) is 2.89. The van der Waals surface area contributed by atoms with Crippen LogP contribution in [-0.4, -0.2) is 24.4 Å². The summed E-state index contributed by atoms with van der Waals surface area (Å²) in [5.74, 6) is 1.67. The van der Waals surface area contributed by atoms with Crippen molar-refractivity contribution in [2.24, 2.45) is 5.73 Å². The highest BCUT2D eigenvalue weighted by Gasteiger charge is 2.22. The molecule has 1 heterocycles. The van der Waals surface area contributed by atoms with Gasteiger partial charge in [0.1, 0.15) is 0 Å². The molecule has 0 aliphatic carbocycles. The number of nitrogens with zero attached hydrogens (tertiary/aromatic N) is 2. The Balaban J connectivity index is 2.69. The van der Waals surface area contributed by atoms with Gasteiger partial charge in [-0.2, -0.15) is 4.98 Å². The smallest absolute Gasteiger partial charge is 0.240 e. The largest absolute Gasteiger partial charge is 0.493 e. The summed E-state index contributed by atoms with van der Waals surface area (Å²) in [5.41, 5.74) is 6.81. The summed E-state index contributed by atoms with van der Waals surface area (Å²) in [6.07, 6.45) is 0. The molecule has 2 aromatic rings. The van der Waals surface area contributed by atoms with Crippen LogP contribution in [0.1, 0.15) is 11.5 Å². The van der Waals surface area contributed by atoms with Gasteiger partial charge in [-0.15, -0.1) is 0 Å². The van der Waals surface area contributed by atoms with E-state index >= 15 is 0 Å². The van der Waals surface area contributed by atoms with Gasteiger partial charge < -0.3 is 19.7 Å². The number of hydrogen-bond acceptors (Lipinski definition) is 6. The summed E-state index contributed by atoms with van der Waals surface area (Å²) >= 11 is 6.30. The molecule has 0 radical (unpaired) electrons. The molecule has 0 atom stereocenters. The van der Waals surface area contributed by atoms with Gasteiger partial charge >= 0.3 is 0 Å². The van der Waals surface area contributed by atoms with Crippen LogP contribution in [0.15, 0.2) is 10.6 Å². The minimum Gasteiger partial charge on any atom is -0.493 e. The molecule has 0 fully saturated rings. The summed E-state index contributed by atoms with van der Waals surface area (Å²) in [5, 5.41) is 4.35. The molecular formula is C12H14ClN3O3. The number of halogens is 1. The number of nitrogens with two attached hydrogens (primary N) is 1. The van der Waals surface area contributed by atoms with Crippen LogP contribution in [0.2, 0.25) is 5.02 Å². The van der Waals surface area contributed by atoms with Crippen molar-refractivity contribution in [3.63, 3.8) is 0 Å². The molecule has 0 saturated heterocycles. The maximum absolute atomic E-state index is 6.30. The van der Waals surface area contributed by atoms with E-state index in [-0.39, 0.29) is 6.54 Å². The molecule has 0 spiro atoms. The van der Waals surface area contributed by atoms with Gasteiger partial charge in [0.15, 0.2) is 11.5 Å². The fraction of sp³-hybridized carbons (Fsp3) is 0.333. The van der Waals surface area contributed by atoms with E-state index in [4.69, 9.17) is 31.3 Å². The maximum Gasteiger partial charge on any atom is 0.240 e. The molecule has 1 aromatic heterocycles. The minimum absolute atomic E-state index is 0.163. The van der Waals surface area contributed by atoms with Crippen molar-refractivity contribution in [1.29, 1.82) is 0 Å². The van der Waals surface area contributed by atoms with Gasteiger partial charge in [-0.3, -0.25) is 0 Å². The van der Waals surface area contributed by atoms with Gasteiger partial charge in [0.2, 0.25) is 11.7 Å². The van der Waals surface area contributed by atoms with Crippen molar-refractivity contribution in [2.45, 2.75) is 13.5 Å². The highest BCUT2D eigenvalue weighted by atomic mass is 35.5. The lowest BCUT2D eigenvalue weighted by molar-refractivity contribution is 0.355. The zero-order valence-corrected chi connectivity index (χ0v) is 11.6. The Morgan fingerprint density at radius 1 is 1.37 bits per heavy atom. The van der Waals surface area contributed by atoms with E-state index in [1.54, 1.807) is 13.2 Å². The minimum atomic E-state index is 0.163. The lowest BCUT2D eigenvalue weighted by atomic mass is 10.1. The molecule has 2 rings (SSSR count). The Bertz CT molecular complexity index is 598. The van der Waals surface area contributed by atoms with Crippen LogP contribution in [0.3, 0.4) is 0 Å². The Labute approximate surface area is 115 Å². The molecule has 19 heavy (non-hydrogen) atoms. The van der Waals surface area contributed by atoms with E-state index in [2.05, 4.69) is 10.1 Å². The fourth-order valence-electron chi connectivity index (χ4n) is 1.74. The second-order valence-corrected chi connectivity index (χ2v) is 4.21. The Hall–Kier alpha value is -1.79. The van der Waals surface area contributed by atoms with Gasteiger partial charge in [-0.25, -0.2) is 0 Å². The number of benzene rings is 1. The van der Waals surface area contributed by atoms with Crippen LogP contribution in [0.5, 0.6) is 11.5 Å². The standard InChI is InChI=1S/C12H14ClN3O3/c1-6-4-7(17-2)11(18-3)9(10(6)13)12-15-8(5-14)19-16-12/h4H,5,14H2,1-3H3. The number of ether oxygens (including phenoxy) is 2. The predicted octanol–water partition coefficient (Wildman–Crippen LogP) is 2.17. The number of hydrogen-bond donors (Lipinski definition) is 1. The second kappa shape index (κ2) is 5.46. The zero-order valence-electron chi connectivity index (χ0n) is 10.9. The summed E-state index contributed by atoms with van der Waals surface area (Å²) in [7, 11) is 3.08. The van der Waals surface area contributed by atoms with Crippen molar-refractivity contribution in [3.8, 4) is 22.9 Å². The predicted molar refractivity (Wildman–Crippen MR) is 70.5 cm³/mol. The van der Waals surface area contributed by atoms with E-state index in [1.807, 2.05) is 6.92 Å². The quantitative estimate of drug-likeness (QED) is 0.926. The van der Waals surface area contributed by atoms with Crippen LogP contribution >= 0.6 is 11.6 Å². The van der Waals surface area contributed by atoms with E-state index in [9.17, 15) is 0 Å². The Morgan fingerprint density at radius 2 is 2.11 bits per heavy atom. The molecule has 0 aliphatic heterocycles. The highest BCUT2D eigenvalue weighted by Crippen LogP contribution is 2.43. The zero-order chi connectivity index (χ0) is 14.0. The van der Waals surface area contributed by atoms with E-state index < -0.39 is 0 Å². The van der Waals surface area contributed by atoms with Gasteiger partial charge in [0.25, 0.3) is 0 Å². The summed E-state index contributed by atoms with van der Waals surface area (Å²) < 4.78 is 15.6. The molecule has 6 nitrogen and oxygen atoms in total.